The molecule has 0 aromatic carbocycles. The van der Waals surface area contributed by atoms with E-state index in [1.807, 2.05) is 5.06 Å². The van der Waals surface area contributed by atoms with Crippen LogP contribution >= 0.6 is 0 Å². The number of carbonyl (C=O) groups is 3. The van der Waals surface area contributed by atoms with Gasteiger partial charge in [0.2, 0.25) is 0 Å². The Balaban J connectivity index is 0. The molecule has 176 valence electrons. The summed E-state index contributed by atoms with van der Waals surface area (Å²) in [5.41, 5.74) is -4.11. The molecule has 0 aromatic rings. The number of rotatable bonds is 8. The molecule has 0 bridgehead atoms. The van der Waals surface area contributed by atoms with Crippen LogP contribution in [0.5, 0.6) is 0 Å². The molecular formula is C19H34KNO10. The number of aliphatic carboxylic acids is 3. The fourth-order valence-corrected chi connectivity index (χ4v) is 3.49. The number of piperidine rings is 1. The van der Waals surface area contributed by atoms with E-state index >= 15 is 0 Å². The Bertz CT molecular complexity index is 596. The molecule has 1 fully saturated rings. The van der Waals surface area contributed by atoms with E-state index in [2.05, 4.69) is 27.7 Å². The number of hydrogen-bond donors (Lipinski definition) is 5. The number of carboxylic acids is 3. The topological polar surface area (TPSA) is 188 Å². The summed E-state index contributed by atoms with van der Waals surface area (Å²) in [6.07, 6.45) is -1.36. The van der Waals surface area contributed by atoms with Gasteiger partial charge in [0, 0.05) is 23.5 Å². The number of aliphatic hydroxyl groups excluding tert-OH is 1. The van der Waals surface area contributed by atoms with Crippen molar-refractivity contribution in [1.82, 2.24) is 5.06 Å². The zero-order valence-electron chi connectivity index (χ0n) is 19.3. The van der Waals surface area contributed by atoms with E-state index in [0.29, 0.717) is 12.8 Å². The Morgan fingerprint density at radius 3 is 1.74 bits per heavy atom. The fraction of sp³-hybridized carbons (Fsp3) is 0.842. The summed E-state index contributed by atoms with van der Waals surface area (Å²) in [5, 5.41) is 57.1. The predicted molar refractivity (Wildman–Crippen MR) is 102 cm³/mol. The third-order valence-electron chi connectivity index (χ3n) is 4.40. The van der Waals surface area contributed by atoms with Gasteiger partial charge < -0.3 is 35.4 Å². The van der Waals surface area contributed by atoms with Gasteiger partial charge in [-0.1, -0.05) is 0 Å². The van der Waals surface area contributed by atoms with Crippen molar-refractivity contribution in [2.45, 2.75) is 95.6 Å². The van der Waals surface area contributed by atoms with Crippen LogP contribution in [-0.2, 0) is 19.2 Å². The number of hydroxylamine groups is 2. The van der Waals surface area contributed by atoms with Crippen LogP contribution in [0.4, 0.5) is 0 Å². The summed E-state index contributed by atoms with van der Waals surface area (Å²) in [4.78, 5) is 36.1. The van der Waals surface area contributed by atoms with Crippen molar-refractivity contribution in [1.29, 1.82) is 0 Å². The average Bonchev–Trinajstić information content (AvgIpc) is 2.41. The van der Waals surface area contributed by atoms with Gasteiger partial charge in [-0.2, -0.15) is 5.06 Å². The van der Waals surface area contributed by atoms with Crippen molar-refractivity contribution >= 4 is 17.9 Å². The molecule has 0 aliphatic carbocycles. The van der Waals surface area contributed by atoms with Crippen molar-refractivity contribution in [2.24, 2.45) is 0 Å². The van der Waals surface area contributed by atoms with Crippen LogP contribution in [-0.4, -0.2) is 83.5 Å². The van der Waals surface area contributed by atoms with Gasteiger partial charge in [0.05, 0.1) is 24.7 Å². The summed E-state index contributed by atoms with van der Waals surface area (Å²) in [7, 11) is 0. The third kappa shape index (κ3) is 12.0. The summed E-state index contributed by atoms with van der Waals surface area (Å²) in [6.45, 7) is 11.9. The number of hydrogen-bond acceptors (Lipinski definition) is 9. The number of carbonyl (C=O) groups excluding carboxylic acids is 1. The second-order valence-electron chi connectivity index (χ2n) is 9.52. The molecule has 5 N–H and O–H groups in total. The van der Waals surface area contributed by atoms with Gasteiger partial charge in [0.15, 0.2) is 5.60 Å². The zero-order chi connectivity index (χ0) is 24.1. The van der Waals surface area contributed by atoms with E-state index in [4.69, 9.17) is 20.2 Å². The summed E-state index contributed by atoms with van der Waals surface area (Å²) in [5.74, 6) is -5.34. The molecule has 1 heterocycles. The molecule has 1 atom stereocenters. The van der Waals surface area contributed by atoms with Crippen LogP contribution in [0.15, 0.2) is 0 Å². The van der Waals surface area contributed by atoms with Gasteiger partial charge in [0.1, 0.15) is 0 Å². The number of nitrogens with zero attached hydrogens (tertiary/aromatic N) is 1. The molecular weight excluding hydrogens is 441 g/mol. The standard InChI is InChI=1S/C13H27NO3.C6H8O7.K/c1-11(2)7-10(15)8-12(3,4)14(11)17-9-13(5,6)16;7-3(8)1-6(13,5(11)12)2-4(9)10;/h10,15-16H,7-9H2,1-6H3;13H,1-2H2,(H,7,8)(H,9,10)(H,11,12);/q;;+1/p-1. The minimum absolute atomic E-state index is 0. The van der Waals surface area contributed by atoms with E-state index in [0.717, 1.165) is 0 Å². The van der Waals surface area contributed by atoms with E-state index in [1.54, 1.807) is 13.8 Å². The summed E-state index contributed by atoms with van der Waals surface area (Å²) >= 11 is 0. The molecule has 0 aromatic heterocycles. The minimum atomic E-state index is -2.80. The maximum absolute atomic E-state index is 10.3. The molecule has 1 saturated heterocycles. The van der Waals surface area contributed by atoms with E-state index in [9.17, 15) is 29.7 Å². The first-order chi connectivity index (χ1) is 13.2. The van der Waals surface area contributed by atoms with Crippen LogP contribution in [0.25, 0.3) is 0 Å². The second-order valence-corrected chi connectivity index (χ2v) is 9.52. The molecule has 12 heteroatoms. The molecule has 31 heavy (non-hydrogen) atoms. The van der Waals surface area contributed by atoms with Crippen molar-refractivity contribution in [2.75, 3.05) is 6.61 Å². The van der Waals surface area contributed by atoms with Gasteiger partial charge in [-0.05, 0) is 54.4 Å². The van der Waals surface area contributed by atoms with Gasteiger partial charge in [-0.15, -0.1) is 0 Å². The monoisotopic (exact) mass is 475 g/mol. The van der Waals surface area contributed by atoms with Gasteiger partial charge in [-0.25, -0.2) is 4.79 Å². The van der Waals surface area contributed by atoms with Gasteiger partial charge >= 0.3 is 63.3 Å². The first kappa shape index (κ1) is 33.0. The first-order valence-electron chi connectivity index (χ1n) is 9.43. The van der Waals surface area contributed by atoms with Crippen LogP contribution in [0, 0.1) is 0 Å². The third-order valence-corrected chi connectivity index (χ3v) is 4.40. The minimum Gasteiger partial charge on any atom is -0.550 e. The Hall–Kier alpha value is -0.154. The summed E-state index contributed by atoms with van der Waals surface area (Å²) in [6, 6.07) is 0. The summed E-state index contributed by atoms with van der Waals surface area (Å²) < 4.78 is 0. The van der Waals surface area contributed by atoms with E-state index in [-0.39, 0.29) is 75.2 Å². The normalized spacial score (nSPS) is 20.4. The maximum Gasteiger partial charge on any atom is 1.00 e. The van der Waals surface area contributed by atoms with Crippen LogP contribution in [0.1, 0.15) is 67.2 Å². The molecule has 0 amide bonds. The molecule has 11 nitrogen and oxygen atoms in total. The van der Waals surface area contributed by atoms with Crippen molar-refractivity contribution < 1.29 is 101 Å². The predicted octanol–water partition coefficient (Wildman–Crippen LogP) is -3.88. The number of aliphatic hydroxyl groups is 3. The quantitative estimate of drug-likeness (QED) is 0.216. The molecule has 1 aliphatic rings. The Kier molecular flexibility index (Phi) is 13.2. The average molecular weight is 476 g/mol. The molecule has 0 spiro atoms. The molecule has 1 rings (SSSR count). The van der Waals surface area contributed by atoms with Crippen molar-refractivity contribution in [3.8, 4) is 0 Å². The van der Waals surface area contributed by atoms with Crippen LogP contribution < -0.4 is 56.5 Å². The van der Waals surface area contributed by atoms with E-state index < -0.39 is 42.0 Å². The van der Waals surface area contributed by atoms with Gasteiger partial charge in [-0.3, -0.25) is 9.63 Å². The van der Waals surface area contributed by atoms with Gasteiger partial charge in [0.25, 0.3) is 0 Å². The van der Waals surface area contributed by atoms with E-state index in [1.165, 1.54) is 0 Å². The molecule has 0 radical (unpaired) electrons. The first-order valence-corrected chi connectivity index (χ1v) is 9.43. The Morgan fingerprint density at radius 2 is 1.45 bits per heavy atom. The van der Waals surface area contributed by atoms with Crippen molar-refractivity contribution in [3.63, 3.8) is 0 Å². The maximum atomic E-state index is 10.3. The van der Waals surface area contributed by atoms with Crippen LogP contribution in [0.3, 0.4) is 0 Å². The largest absolute Gasteiger partial charge is 1.00 e. The second kappa shape index (κ2) is 12.3. The smallest absolute Gasteiger partial charge is 0.550 e. The molecule has 1 aliphatic heterocycles. The molecule has 0 saturated carbocycles. The Morgan fingerprint density at radius 1 is 1.03 bits per heavy atom. The number of carboxylic acid groups (broad SMARTS) is 3. The SMILES string of the molecule is CC(C)(O)CON1C(C)(C)CC(O)CC1(C)C.O=C([O-])CC(O)(CC(=O)O)C(=O)O.[K+]. The zero-order valence-corrected chi connectivity index (χ0v) is 22.5. The molecule has 1 unspecified atom stereocenters. The van der Waals surface area contributed by atoms with Crippen LogP contribution in [0.2, 0.25) is 0 Å². The Labute approximate surface area is 224 Å². The fourth-order valence-electron chi connectivity index (χ4n) is 3.49. The van der Waals surface area contributed by atoms with Crippen molar-refractivity contribution in [3.05, 3.63) is 0 Å².